The van der Waals surface area contributed by atoms with Crippen molar-refractivity contribution in [1.29, 1.82) is 0 Å². The molecule has 0 aliphatic heterocycles. The summed E-state index contributed by atoms with van der Waals surface area (Å²) in [4.78, 5) is 33.8. The van der Waals surface area contributed by atoms with Crippen LogP contribution in [0.15, 0.2) is 84.9 Å². The fourth-order valence-electron chi connectivity index (χ4n) is 6.38. The Morgan fingerprint density at radius 1 is 0.805 bits per heavy atom. The Labute approximate surface area is 240 Å². The van der Waals surface area contributed by atoms with Crippen molar-refractivity contribution < 1.29 is 14.0 Å². The van der Waals surface area contributed by atoms with E-state index in [9.17, 15) is 14.0 Å². The smallest absolute Gasteiger partial charge is 0.275 e. The minimum atomic E-state index is -0.957. The van der Waals surface area contributed by atoms with Gasteiger partial charge in [0.2, 0.25) is 5.91 Å². The van der Waals surface area contributed by atoms with Gasteiger partial charge in [0, 0.05) is 17.4 Å². The van der Waals surface area contributed by atoms with Gasteiger partial charge < -0.3 is 10.3 Å². The van der Waals surface area contributed by atoms with Gasteiger partial charge in [-0.2, -0.15) is 0 Å². The molecule has 1 fully saturated rings. The number of nitrogens with zero attached hydrogens (tertiary/aromatic N) is 1. The zero-order valence-corrected chi connectivity index (χ0v) is 23.2. The molecule has 1 aromatic heterocycles. The van der Waals surface area contributed by atoms with E-state index in [0.29, 0.717) is 11.3 Å². The number of anilines is 1. The van der Waals surface area contributed by atoms with Gasteiger partial charge >= 0.3 is 0 Å². The molecule has 3 aromatic carbocycles. The zero-order valence-electron chi connectivity index (χ0n) is 23.2. The van der Waals surface area contributed by atoms with Crippen LogP contribution in [0.5, 0.6) is 0 Å². The summed E-state index contributed by atoms with van der Waals surface area (Å²) in [5.41, 5.74) is 5.85. The number of benzene rings is 3. The molecule has 0 spiro atoms. The number of carbonyl (C=O) groups excluding carboxylic acids is 2. The Hall–Kier alpha value is -4.19. The first-order chi connectivity index (χ1) is 20.1. The molecule has 1 saturated carbocycles. The Balaban J connectivity index is 1.47. The number of fused-ring (bicyclic) bond motifs is 1. The molecule has 6 rings (SSSR count). The van der Waals surface area contributed by atoms with E-state index in [1.54, 1.807) is 23.1 Å². The van der Waals surface area contributed by atoms with Gasteiger partial charge in [-0.1, -0.05) is 73.9 Å². The van der Waals surface area contributed by atoms with E-state index in [1.165, 1.54) is 24.1 Å². The summed E-state index contributed by atoms with van der Waals surface area (Å²) in [5.74, 6) is -0.911. The maximum absolute atomic E-state index is 14.6. The lowest BCUT2D eigenvalue weighted by atomic mass is 9.89. The second kappa shape index (κ2) is 12.1. The van der Waals surface area contributed by atoms with Crippen molar-refractivity contribution >= 4 is 17.5 Å². The van der Waals surface area contributed by atoms with E-state index in [2.05, 4.69) is 16.4 Å². The summed E-state index contributed by atoms with van der Waals surface area (Å²) >= 11 is 0. The zero-order chi connectivity index (χ0) is 28.2. The van der Waals surface area contributed by atoms with Crippen LogP contribution in [0, 0.1) is 5.82 Å². The van der Waals surface area contributed by atoms with Gasteiger partial charge in [-0.3, -0.25) is 14.5 Å². The van der Waals surface area contributed by atoms with Crippen LogP contribution < -0.4 is 10.2 Å². The molecule has 41 heavy (non-hydrogen) atoms. The van der Waals surface area contributed by atoms with E-state index in [1.807, 2.05) is 48.5 Å². The molecule has 210 valence electrons. The third kappa shape index (κ3) is 5.83. The highest BCUT2D eigenvalue weighted by atomic mass is 19.1. The summed E-state index contributed by atoms with van der Waals surface area (Å²) in [6.07, 6.45) is 9.09. The summed E-state index contributed by atoms with van der Waals surface area (Å²) in [6.45, 7) is 0. The topological polar surface area (TPSA) is 65.2 Å². The minimum absolute atomic E-state index is 0.0657. The third-order valence-electron chi connectivity index (χ3n) is 8.49. The maximum atomic E-state index is 14.6. The SMILES string of the molecule is O=C(NC1CCCCC1)[C@@H](c1ccc(F)cc1)N(C(=O)c1ccc(-c2ccccc2)[nH]1)c1cccc2c1CCCC2. The number of aromatic nitrogens is 1. The number of hydrogen-bond acceptors (Lipinski definition) is 2. The molecule has 0 bridgehead atoms. The van der Waals surface area contributed by atoms with E-state index in [-0.39, 0.29) is 23.7 Å². The summed E-state index contributed by atoms with van der Waals surface area (Å²) in [7, 11) is 0. The lowest BCUT2D eigenvalue weighted by Crippen LogP contribution is -2.47. The number of nitrogens with one attached hydrogen (secondary N) is 2. The van der Waals surface area contributed by atoms with Gasteiger partial charge in [0.25, 0.3) is 5.91 Å². The minimum Gasteiger partial charge on any atom is -0.351 e. The average molecular weight is 550 g/mol. The number of halogens is 1. The Kier molecular flexibility index (Phi) is 7.99. The number of rotatable bonds is 7. The molecule has 1 heterocycles. The molecule has 2 aliphatic rings. The quantitative estimate of drug-likeness (QED) is 0.250. The lowest BCUT2D eigenvalue weighted by molar-refractivity contribution is -0.123. The van der Waals surface area contributed by atoms with Crippen molar-refractivity contribution in [1.82, 2.24) is 10.3 Å². The van der Waals surface area contributed by atoms with Crippen molar-refractivity contribution in [2.75, 3.05) is 4.90 Å². The fraction of sp³-hybridized carbons (Fsp3) is 0.314. The van der Waals surface area contributed by atoms with Crippen molar-refractivity contribution in [3.8, 4) is 11.3 Å². The van der Waals surface area contributed by atoms with Gasteiger partial charge in [-0.25, -0.2) is 4.39 Å². The first-order valence-corrected chi connectivity index (χ1v) is 14.8. The number of hydrogen-bond donors (Lipinski definition) is 2. The van der Waals surface area contributed by atoms with Gasteiger partial charge in [0.1, 0.15) is 17.6 Å². The largest absolute Gasteiger partial charge is 0.351 e. The standard InChI is InChI=1S/C35H36FN3O2/c36-27-20-18-26(19-21-27)33(34(40)37-28-14-5-2-6-15-28)39(32-17-9-13-24-10-7-8-16-29(24)32)35(41)31-23-22-30(38-31)25-11-3-1-4-12-25/h1,3-4,9,11-13,17-23,28,33,38H,2,5-8,10,14-16H2,(H,37,40)/t33-/m1/s1. The molecule has 5 nitrogen and oxygen atoms in total. The molecule has 2 aliphatic carbocycles. The van der Waals surface area contributed by atoms with Crippen LogP contribution in [0.3, 0.4) is 0 Å². The first kappa shape index (κ1) is 27.0. The Morgan fingerprint density at radius 3 is 2.34 bits per heavy atom. The highest BCUT2D eigenvalue weighted by Gasteiger charge is 2.37. The number of H-pyrrole nitrogens is 1. The predicted molar refractivity (Wildman–Crippen MR) is 160 cm³/mol. The second-order valence-corrected chi connectivity index (χ2v) is 11.2. The van der Waals surface area contributed by atoms with Gasteiger partial charge in [-0.05, 0) is 91.1 Å². The normalized spacial score (nSPS) is 16.0. The van der Waals surface area contributed by atoms with Crippen LogP contribution in [0.4, 0.5) is 10.1 Å². The lowest BCUT2D eigenvalue weighted by Gasteiger charge is -2.35. The molecular weight excluding hydrogens is 513 g/mol. The monoisotopic (exact) mass is 549 g/mol. The van der Waals surface area contributed by atoms with Crippen LogP contribution in [0.1, 0.15) is 78.2 Å². The van der Waals surface area contributed by atoms with E-state index < -0.39 is 6.04 Å². The molecule has 6 heteroatoms. The van der Waals surface area contributed by atoms with Crippen molar-refractivity contribution in [3.63, 3.8) is 0 Å². The van der Waals surface area contributed by atoms with Crippen LogP contribution >= 0.6 is 0 Å². The molecule has 0 radical (unpaired) electrons. The molecule has 2 amide bonds. The fourth-order valence-corrected chi connectivity index (χ4v) is 6.38. The van der Waals surface area contributed by atoms with Crippen molar-refractivity contribution in [2.45, 2.75) is 69.9 Å². The molecule has 2 N–H and O–H groups in total. The van der Waals surface area contributed by atoms with E-state index >= 15 is 0 Å². The third-order valence-corrected chi connectivity index (χ3v) is 8.49. The molecule has 0 saturated heterocycles. The van der Waals surface area contributed by atoms with Crippen LogP contribution in [0.2, 0.25) is 0 Å². The molecule has 1 atom stereocenters. The van der Waals surface area contributed by atoms with Gasteiger partial charge in [0.15, 0.2) is 0 Å². The average Bonchev–Trinajstić information content (AvgIpc) is 3.52. The highest BCUT2D eigenvalue weighted by Crippen LogP contribution is 2.37. The van der Waals surface area contributed by atoms with E-state index in [4.69, 9.17) is 0 Å². The maximum Gasteiger partial charge on any atom is 0.275 e. The van der Waals surface area contributed by atoms with Crippen LogP contribution in [-0.2, 0) is 17.6 Å². The number of aromatic amines is 1. The van der Waals surface area contributed by atoms with Crippen molar-refractivity contribution in [2.24, 2.45) is 0 Å². The Bertz CT molecular complexity index is 1510. The highest BCUT2D eigenvalue weighted by molar-refractivity contribution is 6.10. The first-order valence-electron chi connectivity index (χ1n) is 14.8. The molecule has 0 unspecified atom stereocenters. The Morgan fingerprint density at radius 2 is 1.56 bits per heavy atom. The molecule has 4 aromatic rings. The van der Waals surface area contributed by atoms with Gasteiger partial charge in [0.05, 0.1) is 0 Å². The van der Waals surface area contributed by atoms with Gasteiger partial charge in [-0.15, -0.1) is 0 Å². The van der Waals surface area contributed by atoms with Crippen molar-refractivity contribution in [3.05, 3.63) is 113 Å². The van der Waals surface area contributed by atoms with E-state index in [0.717, 1.165) is 73.9 Å². The van der Waals surface area contributed by atoms with Crippen LogP contribution in [-0.4, -0.2) is 22.8 Å². The number of amides is 2. The summed E-state index contributed by atoms with van der Waals surface area (Å²) in [5, 5.41) is 3.26. The van der Waals surface area contributed by atoms with Crippen LogP contribution in [0.25, 0.3) is 11.3 Å². The second-order valence-electron chi connectivity index (χ2n) is 11.2. The summed E-state index contributed by atoms with van der Waals surface area (Å²) in [6, 6.07) is 24.7. The predicted octanol–water partition coefficient (Wildman–Crippen LogP) is 7.54. The molecular formula is C35H36FN3O2. The number of aryl methyl sites for hydroxylation is 1. The number of carbonyl (C=O) groups is 2. The summed E-state index contributed by atoms with van der Waals surface area (Å²) < 4.78 is 14.1.